The minimum Gasteiger partial charge on any atom is -0.384 e. The molecular weight excluding hydrogens is 298 g/mol. The Morgan fingerprint density at radius 1 is 1.12 bits per heavy atom. The maximum Gasteiger partial charge on any atom is 0.0992 e. The zero-order valence-electron chi connectivity index (χ0n) is 14.1. The van der Waals surface area contributed by atoms with Crippen molar-refractivity contribution in [1.29, 1.82) is 0 Å². The zero-order chi connectivity index (χ0) is 17.0. The van der Waals surface area contributed by atoms with Gasteiger partial charge in [-0.2, -0.15) is 0 Å². The average Bonchev–Trinajstić information content (AvgIpc) is 3.15. The van der Waals surface area contributed by atoms with Crippen molar-refractivity contribution in [2.75, 3.05) is 6.54 Å². The average molecular weight is 321 g/mol. The molecule has 0 fully saturated rings. The number of imidazole rings is 1. The van der Waals surface area contributed by atoms with Crippen LogP contribution in [0.1, 0.15) is 31.0 Å². The van der Waals surface area contributed by atoms with Gasteiger partial charge in [0.2, 0.25) is 0 Å². The van der Waals surface area contributed by atoms with Crippen LogP contribution >= 0.6 is 0 Å². The molecular formula is C20H23N3O. The van der Waals surface area contributed by atoms with E-state index in [9.17, 15) is 5.11 Å². The molecule has 3 rings (SSSR count). The topological polar surface area (TPSA) is 50.1 Å². The van der Waals surface area contributed by atoms with Gasteiger partial charge in [0.15, 0.2) is 0 Å². The Labute approximate surface area is 142 Å². The van der Waals surface area contributed by atoms with E-state index < -0.39 is 5.60 Å². The molecule has 3 aromatic rings. The molecule has 0 spiro atoms. The van der Waals surface area contributed by atoms with Crippen molar-refractivity contribution in [3.05, 3.63) is 84.4 Å². The first-order valence-corrected chi connectivity index (χ1v) is 8.16. The molecule has 24 heavy (non-hydrogen) atoms. The predicted molar refractivity (Wildman–Crippen MR) is 96.0 cm³/mol. The Bertz CT molecular complexity index is 749. The maximum absolute atomic E-state index is 10.7. The SMILES string of the molecule is CC(NCC(C)(O)c1ccccc1)c1ccc(-n2ccnc2)cc1. The molecule has 1 aromatic heterocycles. The van der Waals surface area contributed by atoms with Gasteiger partial charge in [0.1, 0.15) is 0 Å². The standard InChI is InChI=1S/C20H23N3O/c1-16(22-14-20(2,24)18-6-4-3-5-7-18)17-8-10-19(11-9-17)23-13-12-21-15-23/h3-13,15-16,22,24H,14H2,1-2H3. The minimum atomic E-state index is -0.897. The van der Waals surface area contributed by atoms with Crippen LogP contribution in [0.15, 0.2) is 73.3 Å². The van der Waals surface area contributed by atoms with E-state index >= 15 is 0 Å². The Morgan fingerprint density at radius 3 is 2.46 bits per heavy atom. The van der Waals surface area contributed by atoms with Gasteiger partial charge < -0.3 is 15.0 Å². The van der Waals surface area contributed by atoms with E-state index in [-0.39, 0.29) is 6.04 Å². The van der Waals surface area contributed by atoms with Crippen molar-refractivity contribution in [1.82, 2.24) is 14.9 Å². The number of aliphatic hydroxyl groups is 1. The lowest BCUT2D eigenvalue weighted by Crippen LogP contribution is -2.36. The molecule has 2 atom stereocenters. The van der Waals surface area contributed by atoms with Gasteiger partial charge >= 0.3 is 0 Å². The van der Waals surface area contributed by atoms with Crippen LogP contribution in [-0.2, 0) is 5.60 Å². The molecule has 0 saturated heterocycles. The van der Waals surface area contributed by atoms with E-state index in [1.807, 2.05) is 48.0 Å². The van der Waals surface area contributed by atoms with E-state index in [0.29, 0.717) is 6.54 Å². The van der Waals surface area contributed by atoms with Crippen molar-refractivity contribution in [3.8, 4) is 5.69 Å². The monoisotopic (exact) mass is 321 g/mol. The molecule has 2 N–H and O–H groups in total. The molecule has 2 unspecified atom stereocenters. The molecule has 4 heteroatoms. The molecule has 0 bridgehead atoms. The van der Waals surface area contributed by atoms with E-state index in [2.05, 4.69) is 41.5 Å². The quantitative estimate of drug-likeness (QED) is 0.731. The van der Waals surface area contributed by atoms with Gasteiger partial charge in [-0.25, -0.2) is 4.98 Å². The third kappa shape index (κ3) is 3.72. The van der Waals surface area contributed by atoms with Gasteiger partial charge in [-0.05, 0) is 37.1 Å². The molecule has 0 radical (unpaired) electrons. The van der Waals surface area contributed by atoms with Crippen LogP contribution in [0.4, 0.5) is 0 Å². The molecule has 0 aliphatic rings. The Morgan fingerprint density at radius 2 is 1.83 bits per heavy atom. The highest BCUT2D eigenvalue weighted by Gasteiger charge is 2.23. The van der Waals surface area contributed by atoms with Crippen molar-refractivity contribution >= 4 is 0 Å². The molecule has 0 saturated carbocycles. The Kier molecular flexibility index (Phi) is 4.79. The number of aromatic nitrogens is 2. The van der Waals surface area contributed by atoms with Gasteiger partial charge in [-0.15, -0.1) is 0 Å². The van der Waals surface area contributed by atoms with E-state index in [0.717, 1.165) is 11.3 Å². The van der Waals surface area contributed by atoms with E-state index in [1.54, 1.807) is 12.5 Å². The van der Waals surface area contributed by atoms with Crippen molar-refractivity contribution in [2.24, 2.45) is 0 Å². The molecule has 1 heterocycles. The van der Waals surface area contributed by atoms with Gasteiger partial charge in [0.25, 0.3) is 0 Å². The Balaban J connectivity index is 1.64. The third-order valence-corrected chi connectivity index (χ3v) is 4.34. The lowest BCUT2D eigenvalue weighted by Gasteiger charge is -2.26. The van der Waals surface area contributed by atoms with E-state index in [1.165, 1.54) is 5.56 Å². The summed E-state index contributed by atoms with van der Waals surface area (Å²) < 4.78 is 1.97. The fourth-order valence-corrected chi connectivity index (χ4v) is 2.72. The summed E-state index contributed by atoms with van der Waals surface area (Å²) in [4.78, 5) is 4.06. The fraction of sp³-hybridized carbons (Fsp3) is 0.250. The second kappa shape index (κ2) is 6.99. The zero-order valence-corrected chi connectivity index (χ0v) is 14.1. The summed E-state index contributed by atoms with van der Waals surface area (Å²) in [6, 6.07) is 18.3. The predicted octanol–water partition coefficient (Wildman–Crippen LogP) is 3.43. The smallest absolute Gasteiger partial charge is 0.0992 e. The summed E-state index contributed by atoms with van der Waals surface area (Å²) in [5.74, 6) is 0. The molecule has 2 aromatic carbocycles. The fourth-order valence-electron chi connectivity index (χ4n) is 2.72. The number of nitrogens with one attached hydrogen (secondary N) is 1. The van der Waals surface area contributed by atoms with Crippen LogP contribution in [-0.4, -0.2) is 21.2 Å². The lowest BCUT2D eigenvalue weighted by molar-refractivity contribution is 0.0543. The van der Waals surface area contributed by atoms with Gasteiger partial charge in [-0.3, -0.25) is 0 Å². The van der Waals surface area contributed by atoms with Crippen LogP contribution in [0.3, 0.4) is 0 Å². The summed E-state index contributed by atoms with van der Waals surface area (Å²) in [7, 11) is 0. The summed E-state index contributed by atoms with van der Waals surface area (Å²) in [6.45, 7) is 4.43. The van der Waals surface area contributed by atoms with Crippen LogP contribution in [0.5, 0.6) is 0 Å². The number of benzene rings is 2. The summed E-state index contributed by atoms with van der Waals surface area (Å²) >= 11 is 0. The second-order valence-electron chi connectivity index (χ2n) is 6.30. The first-order valence-electron chi connectivity index (χ1n) is 8.16. The largest absolute Gasteiger partial charge is 0.384 e. The minimum absolute atomic E-state index is 0.150. The number of hydrogen-bond donors (Lipinski definition) is 2. The van der Waals surface area contributed by atoms with Gasteiger partial charge in [0, 0.05) is 30.7 Å². The third-order valence-electron chi connectivity index (χ3n) is 4.34. The van der Waals surface area contributed by atoms with Gasteiger partial charge in [0.05, 0.1) is 11.9 Å². The number of nitrogens with zero attached hydrogens (tertiary/aromatic N) is 2. The Hall–Kier alpha value is -2.43. The van der Waals surface area contributed by atoms with Gasteiger partial charge in [-0.1, -0.05) is 42.5 Å². The van der Waals surface area contributed by atoms with Crippen molar-refractivity contribution in [3.63, 3.8) is 0 Å². The highest BCUT2D eigenvalue weighted by atomic mass is 16.3. The van der Waals surface area contributed by atoms with Crippen molar-refractivity contribution < 1.29 is 5.11 Å². The molecule has 0 amide bonds. The highest BCUT2D eigenvalue weighted by Crippen LogP contribution is 2.21. The summed E-state index contributed by atoms with van der Waals surface area (Å²) in [6.07, 6.45) is 5.48. The lowest BCUT2D eigenvalue weighted by atomic mass is 9.95. The summed E-state index contributed by atoms with van der Waals surface area (Å²) in [5.41, 5.74) is 2.29. The van der Waals surface area contributed by atoms with Crippen LogP contribution in [0, 0.1) is 0 Å². The molecule has 0 aliphatic carbocycles. The van der Waals surface area contributed by atoms with Crippen molar-refractivity contribution in [2.45, 2.75) is 25.5 Å². The van der Waals surface area contributed by atoms with Crippen LogP contribution in [0.2, 0.25) is 0 Å². The van der Waals surface area contributed by atoms with Crippen LogP contribution < -0.4 is 5.32 Å². The first kappa shape index (κ1) is 16.4. The highest BCUT2D eigenvalue weighted by molar-refractivity contribution is 5.35. The maximum atomic E-state index is 10.7. The molecule has 124 valence electrons. The molecule has 0 aliphatic heterocycles. The first-order chi connectivity index (χ1) is 11.6. The van der Waals surface area contributed by atoms with Crippen LogP contribution in [0.25, 0.3) is 5.69 Å². The second-order valence-corrected chi connectivity index (χ2v) is 6.30. The summed E-state index contributed by atoms with van der Waals surface area (Å²) in [5, 5.41) is 14.1. The number of hydrogen-bond acceptors (Lipinski definition) is 3. The number of rotatable bonds is 6. The van der Waals surface area contributed by atoms with E-state index in [4.69, 9.17) is 0 Å². The molecule has 4 nitrogen and oxygen atoms in total. The normalized spacial score (nSPS) is 15.0.